The van der Waals surface area contributed by atoms with Crippen LogP contribution in [-0.2, 0) is 23.8 Å². The first-order valence-electron chi connectivity index (χ1n) is 7.37. The van der Waals surface area contributed by atoms with Gasteiger partial charge in [0.05, 0.1) is 27.7 Å². The fourth-order valence-corrected chi connectivity index (χ4v) is 2.88. The van der Waals surface area contributed by atoms with Crippen LogP contribution in [-0.4, -0.2) is 15.7 Å². The molecule has 1 N–H and O–H groups in total. The molecule has 0 radical (unpaired) electrons. The second kappa shape index (κ2) is 6.54. The number of halogens is 2. The summed E-state index contributed by atoms with van der Waals surface area (Å²) in [6.45, 7) is 7.76. The number of aromatic nitrogens is 2. The molecule has 0 bridgehead atoms. The molecule has 23 heavy (non-hydrogen) atoms. The van der Waals surface area contributed by atoms with Crippen molar-refractivity contribution in [3.05, 3.63) is 50.8 Å². The van der Waals surface area contributed by atoms with E-state index in [1.807, 2.05) is 40.8 Å². The summed E-state index contributed by atoms with van der Waals surface area (Å²) in [5, 5.41) is 8.37. The molecule has 1 heterocycles. The van der Waals surface area contributed by atoms with E-state index in [0.29, 0.717) is 16.5 Å². The molecular formula is C17H21Cl2N3O. The highest BCUT2D eigenvalue weighted by atomic mass is 35.5. The first-order chi connectivity index (χ1) is 10.6. The molecule has 2 aromatic rings. The Morgan fingerprint density at radius 1 is 1.26 bits per heavy atom. The van der Waals surface area contributed by atoms with Crippen molar-refractivity contribution in [1.29, 1.82) is 0 Å². The largest absolute Gasteiger partial charge is 0.347 e. The zero-order valence-electron chi connectivity index (χ0n) is 14.0. The molecule has 1 aromatic heterocycles. The molecule has 1 aromatic carbocycles. The van der Waals surface area contributed by atoms with Gasteiger partial charge in [0.1, 0.15) is 0 Å². The second-order valence-electron chi connectivity index (χ2n) is 6.25. The summed E-state index contributed by atoms with van der Waals surface area (Å²) >= 11 is 12.0. The number of aryl methyl sites for hydroxylation is 2. The highest BCUT2D eigenvalue weighted by Crippen LogP contribution is 2.28. The van der Waals surface area contributed by atoms with Crippen LogP contribution in [0.25, 0.3) is 0 Å². The van der Waals surface area contributed by atoms with Crippen molar-refractivity contribution in [3.8, 4) is 0 Å². The molecule has 124 valence electrons. The van der Waals surface area contributed by atoms with Crippen LogP contribution < -0.4 is 5.32 Å². The first kappa shape index (κ1) is 17.8. The van der Waals surface area contributed by atoms with E-state index in [2.05, 4.69) is 10.4 Å². The van der Waals surface area contributed by atoms with Crippen LogP contribution in [0.5, 0.6) is 0 Å². The minimum Gasteiger partial charge on any atom is -0.347 e. The zero-order chi connectivity index (χ0) is 17.4. The van der Waals surface area contributed by atoms with Crippen molar-refractivity contribution >= 4 is 29.1 Å². The molecule has 0 unspecified atom stereocenters. The van der Waals surface area contributed by atoms with Gasteiger partial charge in [0.2, 0.25) is 5.91 Å². The average Bonchev–Trinajstić information content (AvgIpc) is 2.67. The normalized spacial score (nSPS) is 11.6. The van der Waals surface area contributed by atoms with Gasteiger partial charge in [-0.1, -0.05) is 29.3 Å². The lowest BCUT2D eigenvalue weighted by atomic mass is 9.94. The molecule has 0 atom stereocenters. The zero-order valence-corrected chi connectivity index (χ0v) is 15.5. The van der Waals surface area contributed by atoms with Crippen molar-refractivity contribution in [2.24, 2.45) is 7.05 Å². The third-order valence-electron chi connectivity index (χ3n) is 4.09. The van der Waals surface area contributed by atoms with Gasteiger partial charge in [0, 0.05) is 18.3 Å². The Kier molecular flexibility index (Phi) is 5.07. The predicted octanol–water partition coefficient (Wildman–Crippen LogP) is 3.94. The Morgan fingerprint density at radius 2 is 1.91 bits per heavy atom. The van der Waals surface area contributed by atoms with Gasteiger partial charge in [0.15, 0.2) is 0 Å². The van der Waals surface area contributed by atoms with Crippen LogP contribution in [0.2, 0.25) is 10.0 Å². The smallest absolute Gasteiger partial charge is 0.225 e. The molecular weight excluding hydrogens is 333 g/mol. The van der Waals surface area contributed by atoms with E-state index < -0.39 is 5.54 Å². The van der Waals surface area contributed by atoms with Gasteiger partial charge >= 0.3 is 0 Å². The topological polar surface area (TPSA) is 46.9 Å². The number of hydrogen-bond donors (Lipinski definition) is 1. The summed E-state index contributed by atoms with van der Waals surface area (Å²) in [6, 6.07) is 5.39. The third kappa shape index (κ3) is 3.88. The summed E-state index contributed by atoms with van der Waals surface area (Å²) in [6.07, 6.45) is 0.302. The standard InChI is InChI=1S/C17H21Cl2N3O/c1-10-13(11(2)22(5)21-10)9-16(23)20-17(3,4)12-6-7-14(18)15(19)8-12/h6-8H,9H2,1-5H3,(H,20,23). The van der Waals surface area contributed by atoms with Crippen molar-refractivity contribution in [2.45, 2.75) is 39.7 Å². The van der Waals surface area contributed by atoms with Crippen molar-refractivity contribution in [3.63, 3.8) is 0 Å². The fourth-order valence-electron chi connectivity index (χ4n) is 2.58. The van der Waals surface area contributed by atoms with Gasteiger partial charge in [-0.2, -0.15) is 5.10 Å². The summed E-state index contributed by atoms with van der Waals surface area (Å²) in [5.41, 5.74) is 3.21. The molecule has 0 saturated heterocycles. The van der Waals surface area contributed by atoms with E-state index in [9.17, 15) is 4.79 Å². The molecule has 0 aliphatic heterocycles. The van der Waals surface area contributed by atoms with Gasteiger partial charge in [0.25, 0.3) is 0 Å². The molecule has 4 nitrogen and oxygen atoms in total. The number of nitrogens with zero attached hydrogens (tertiary/aromatic N) is 2. The Morgan fingerprint density at radius 3 is 2.43 bits per heavy atom. The summed E-state index contributed by atoms with van der Waals surface area (Å²) < 4.78 is 1.79. The van der Waals surface area contributed by atoms with Gasteiger partial charge in [-0.3, -0.25) is 9.48 Å². The molecule has 6 heteroatoms. The lowest BCUT2D eigenvalue weighted by molar-refractivity contribution is -0.122. The number of carbonyl (C=O) groups is 1. The maximum absolute atomic E-state index is 12.5. The SMILES string of the molecule is Cc1nn(C)c(C)c1CC(=O)NC(C)(C)c1ccc(Cl)c(Cl)c1. The van der Waals surface area contributed by atoms with Gasteiger partial charge < -0.3 is 5.32 Å². The summed E-state index contributed by atoms with van der Waals surface area (Å²) in [7, 11) is 1.88. The Labute approximate surface area is 146 Å². The van der Waals surface area contributed by atoms with Crippen LogP contribution in [0.1, 0.15) is 36.4 Å². The maximum Gasteiger partial charge on any atom is 0.225 e. The van der Waals surface area contributed by atoms with Crippen LogP contribution in [0, 0.1) is 13.8 Å². The van der Waals surface area contributed by atoms with E-state index in [4.69, 9.17) is 23.2 Å². The molecule has 2 rings (SSSR count). The van der Waals surface area contributed by atoms with Crippen molar-refractivity contribution in [1.82, 2.24) is 15.1 Å². The predicted molar refractivity (Wildman–Crippen MR) is 94.0 cm³/mol. The number of nitrogens with one attached hydrogen (secondary N) is 1. The minimum atomic E-state index is -0.546. The molecule has 1 amide bonds. The van der Waals surface area contributed by atoms with Crippen LogP contribution in [0.4, 0.5) is 0 Å². The van der Waals surface area contributed by atoms with E-state index in [1.165, 1.54) is 0 Å². The lowest BCUT2D eigenvalue weighted by Crippen LogP contribution is -2.41. The van der Waals surface area contributed by atoms with Gasteiger partial charge in [-0.25, -0.2) is 0 Å². The highest BCUT2D eigenvalue weighted by molar-refractivity contribution is 6.42. The second-order valence-corrected chi connectivity index (χ2v) is 7.07. The number of rotatable bonds is 4. The molecule has 0 fully saturated rings. The van der Waals surface area contributed by atoms with Gasteiger partial charge in [-0.05, 0) is 45.4 Å². The third-order valence-corrected chi connectivity index (χ3v) is 4.83. The lowest BCUT2D eigenvalue weighted by Gasteiger charge is -2.27. The van der Waals surface area contributed by atoms with Crippen LogP contribution in [0.15, 0.2) is 18.2 Å². The quantitative estimate of drug-likeness (QED) is 0.904. The van der Waals surface area contributed by atoms with Crippen LogP contribution in [0.3, 0.4) is 0 Å². The molecule has 0 saturated carbocycles. The fraction of sp³-hybridized carbons (Fsp3) is 0.412. The van der Waals surface area contributed by atoms with Crippen molar-refractivity contribution in [2.75, 3.05) is 0 Å². The van der Waals surface area contributed by atoms with E-state index in [1.54, 1.807) is 16.8 Å². The van der Waals surface area contributed by atoms with E-state index in [0.717, 1.165) is 22.5 Å². The average molecular weight is 354 g/mol. The molecule has 0 aliphatic rings. The van der Waals surface area contributed by atoms with Crippen molar-refractivity contribution < 1.29 is 4.79 Å². The first-order valence-corrected chi connectivity index (χ1v) is 8.13. The highest BCUT2D eigenvalue weighted by Gasteiger charge is 2.24. The van der Waals surface area contributed by atoms with Crippen LogP contribution >= 0.6 is 23.2 Å². The minimum absolute atomic E-state index is 0.0553. The molecule has 0 spiro atoms. The van der Waals surface area contributed by atoms with Gasteiger partial charge in [-0.15, -0.1) is 0 Å². The maximum atomic E-state index is 12.5. The summed E-state index contributed by atoms with van der Waals surface area (Å²) in [5.74, 6) is -0.0553. The van der Waals surface area contributed by atoms with E-state index >= 15 is 0 Å². The Balaban J connectivity index is 2.16. The number of hydrogen-bond acceptors (Lipinski definition) is 2. The number of amides is 1. The van der Waals surface area contributed by atoms with E-state index in [-0.39, 0.29) is 5.91 Å². The Hall–Kier alpha value is -1.52. The Bertz CT molecular complexity index is 751. The monoisotopic (exact) mass is 353 g/mol. The molecule has 0 aliphatic carbocycles. The number of carbonyl (C=O) groups excluding carboxylic acids is 1. The summed E-state index contributed by atoms with van der Waals surface area (Å²) in [4.78, 5) is 12.5. The number of benzene rings is 1.